The largest absolute Gasteiger partial charge is 0.495 e. The number of ether oxygens (including phenoxy) is 1. The molecule has 2 amide bonds. The van der Waals surface area contributed by atoms with Crippen LogP contribution in [0, 0.1) is 11.7 Å². The number of carbonyl (C=O) groups excluding carboxylic acids is 2. The van der Waals surface area contributed by atoms with Crippen molar-refractivity contribution in [3.63, 3.8) is 0 Å². The fourth-order valence-electron chi connectivity index (χ4n) is 2.89. The van der Waals surface area contributed by atoms with Gasteiger partial charge in [-0.05, 0) is 43.4 Å². The quantitative estimate of drug-likeness (QED) is 0.539. The van der Waals surface area contributed by atoms with Gasteiger partial charge < -0.3 is 15.4 Å². The molecule has 0 saturated carbocycles. The second-order valence-corrected chi connectivity index (χ2v) is 6.84. The fraction of sp³-hybridized carbons (Fsp3) is 0.200. The fourth-order valence-corrected chi connectivity index (χ4v) is 3.08. The standard InChI is InChI=1S/C20H21N5O3S/c1-12-5-4-6-14(9-12)19-23-24-20(29)25(19)11-18(27)22-15-7-8-17(28-3)16(10-15)21-13(2)26/h4-10H,11H2,1-3H3,(H,21,26)(H,22,27)(H,24,29). The summed E-state index contributed by atoms with van der Waals surface area (Å²) < 4.78 is 7.21. The number of carbonyl (C=O) groups is 2. The maximum absolute atomic E-state index is 12.6. The van der Waals surface area contributed by atoms with E-state index in [0.29, 0.717) is 27.7 Å². The van der Waals surface area contributed by atoms with E-state index >= 15 is 0 Å². The van der Waals surface area contributed by atoms with Crippen LogP contribution in [-0.4, -0.2) is 33.7 Å². The minimum absolute atomic E-state index is 0.0138. The number of aromatic nitrogens is 3. The predicted octanol–water partition coefficient (Wildman–Crippen LogP) is 3.52. The first kappa shape index (κ1) is 20.3. The van der Waals surface area contributed by atoms with Crippen molar-refractivity contribution in [3.05, 3.63) is 52.8 Å². The Balaban J connectivity index is 1.81. The first-order valence-electron chi connectivity index (χ1n) is 8.85. The summed E-state index contributed by atoms with van der Waals surface area (Å²) in [6.07, 6.45) is 0. The Morgan fingerprint density at radius 2 is 2.00 bits per heavy atom. The van der Waals surface area contributed by atoms with Crippen LogP contribution in [0.3, 0.4) is 0 Å². The smallest absolute Gasteiger partial charge is 0.244 e. The molecule has 0 radical (unpaired) electrons. The van der Waals surface area contributed by atoms with Crippen LogP contribution in [0.4, 0.5) is 11.4 Å². The Morgan fingerprint density at radius 1 is 1.21 bits per heavy atom. The van der Waals surface area contributed by atoms with Crippen molar-refractivity contribution in [1.82, 2.24) is 14.8 Å². The number of hydrogen-bond acceptors (Lipinski definition) is 5. The normalized spacial score (nSPS) is 10.4. The van der Waals surface area contributed by atoms with Crippen LogP contribution < -0.4 is 15.4 Å². The molecule has 150 valence electrons. The molecule has 2 aromatic carbocycles. The van der Waals surface area contributed by atoms with E-state index in [1.165, 1.54) is 14.0 Å². The Kier molecular flexibility index (Phi) is 6.08. The van der Waals surface area contributed by atoms with Gasteiger partial charge in [-0.25, -0.2) is 0 Å². The van der Waals surface area contributed by atoms with Gasteiger partial charge in [-0.15, -0.1) is 0 Å². The lowest BCUT2D eigenvalue weighted by atomic mass is 10.1. The molecular weight excluding hydrogens is 390 g/mol. The van der Waals surface area contributed by atoms with Crippen LogP contribution >= 0.6 is 12.2 Å². The number of methoxy groups -OCH3 is 1. The Morgan fingerprint density at radius 3 is 2.69 bits per heavy atom. The summed E-state index contributed by atoms with van der Waals surface area (Å²) in [5.41, 5.74) is 2.93. The van der Waals surface area contributed by atoms with E-state index in [2.05, 4.69) is 20.8 Å². The number of aromatic amines is 1. The Bertz CT molecular complexity index is 1120. The number of aryl methyl sites for hydroxylation is 1. The lowest BCUT2D eigenvalue weighted by molar-refractivity contribution is -0.117. The van der Waals surface area contributed by atoms with Crippen LogP contribution in [-0.2, 0) is 16.1 Å². The second kappa shape index (κ2) is 8.70. The molecule has 8 nitrogen and oxygen atoms in total. The first-order valence-corrected chi connectivity index (χ1v) is 9.26. The van der Waals surface area contributed by atoms with Crippen molar-refractivity contribution in [2.24, 2.45) is 0 Å². The molecule has 1 heterocycles. The highest BCUT2D eigenvalue weighted by molar-refractivity contribution is 7.71. The molecule has 0 fully saturated rings. The molecule has 0 atom stereocenters. The molecule has 3 rings (SSSR count). The predicted molar refractivity (Wildman–Crippen MR) is 114 cm³/mol. The number of H-pyrrole nitrogens is 1. The zero-order valence-corrected chi connectivity index (χ0v) is 17.1. The van der Waals surface area contributed by atoms with Gasteiger partial charge in [-0.1, -0.05) is 23.8 Å². The van der Waals surface area contributed by atoms with Crippen LogP contribution in [0.2, 0.25) is 0 Å². The number of anilines is 2. The average Bonchev–Trinajstić information content (AvgIpc) is 3.02. The monoisotopic (exact) mass is 411 g/mol. The molecule has 0 bridgehead atoms. The summed E-state index contributed by atoms with van der Waals surface area (Å²) in [6, 6.07) is 12.8. The van der Waals surface area contributed by atoms with Gasteiger partial charge >= 0.3 is 0 Å². The van der Waals surface area contributed by atoms with Crippen LogP contribution in [0.25, 0.3) is 11.4 Å². The molecule has 0 aliphatic heterocycles. The minimum atomic E-state index is -0.282. The van der Waals surface area contributed by atoms with Gasteiger partial charge in [0.15, 0.2) is 10.6 Å². The van der Waals surface area contributed by atoms with Gasteiger partial charge in [-0.3, -0.25) is 19.3 Å². The highest BCUT2D eigenvalue weighted by Gasteiger charge is 2.14. The van der Waals surface area contributed by atoms with Gasteiger partial charge in [0.25, 0.3) is 0 Å². The lowest BCUT2D eigenvalue weighted by Gasteiger charge is -2.12. The molecule has 0 spiro atoms. The first-order chi connectivity index (χ1) is 13.9. The maximum atomic E-state index is 12.6. The maximum Gasteiger partial charge on any atom is 0.244 e. The van der Waals surface area contributed by atoms with Gasteiger partial charge in [-0.2, -0.15) is 5.10 Å². The second-order valence-electron chi connectivity index (χ2n) is 6.45. The third-order valence-electron chi connectivity index (χ3n) is 4.13. The zero-order chi connectivity index (χ0) is 21.0. The highest BCUT2D eigenvalue weighted by Crippen LogP contribution is 2.28. The topological polar surface area (TPSA) is 101 Å². The van der Waals surface area contributed by atoms with Crippen molar-refractivity contribution >= 4 is 35.4 Å². The van der Waals surface area contributed by atoms with E-state index in [1.54, 1.807) is 22.8 Å². The lowest BCUT2D eigenvalue weighted by Crippen LogP contribution is -2.19. The Labute approximate surface area is 172 Å². The van der Waals surface area contributed by atoms with E-state index in [9.17, 15) is 9.59 Å². The van der Waals surface area contributed by atoms with Crippen molar-refractivity contribution in [1.29, 1.82) is 0 Å². The van der Waals surface area contributed by atoms with Gasteiger partial charge in [0.1, 0.15) is 12.3 Å². The molecule has 0 aliphatic carbocycles. The molecule has 0 aliphatic rings. The van der Waals surface area contributed by atoms with E-state index in [4.69, 9.17) is 17.0 Å². The van der Waals surface area contributed by atoms with Crippen LogP contribution in [0.1, 0.15) is 12.5 Å². The van der Waals surface area contributed by atoms with Gasteiger partial charge in [0, 0.05) is 18.2 Å². The molecule has 3 aromatic rings. The molecule has 0 saturated heterocycles. The molecule has 3 N–H and O–H groups in total. The van der Waals surface area contributed by atoms with Crippen LogP contribution in [0.15, 0.2) is 42.5 Å². The summed E-state index contributed by atoms with van der Waals surface area (Å²) in [5.74, 6) is 0.564. The number of rotatable bonds is 6. The zero-order valence-electron chi connectivity index (χ0n) is 16.3. The summed E-state index contributed by atoms with van der Waals surface area (Å²) >= 11 is 5.29. The number of benzene rings is 2. The third-order valence-corrected chi connectivity index (χ3v) is 4.44. The molecular formula is C20H21N5O3S. The average molecular weight is 411 g/mol. The van der Waals surface area contributed by atoms with E-state index in [0.717, 1.165) is 11.1 Å². The third kappa shape index (κ3) is 4.88. The number of hydrogen-bond donors (Lipinski definition) is 3. The highest BCUT2D eigenvalue weighted by atomic mass is 32.1. The number of amides is 2. The molecule has 1 aromatic heterocycles. The summed E-state index contributed by atoms with van der Waals surface area (Å²) in [7, 11) is 1.51. The minimum Gasteiger partial charge on any atom is -0.495 e. The van der Waals surface area contributed by atoms with Crippen molar-refractivity contribution in [2.75, 3.05) is 17.7 Å². The summed E-state index contributed by atoms with van der Waals surface area (Å²) in [6.45, 7) is 3.37. The molecule has 0 unspecified atom stereocenters. The number of nitrogens with zero attached hydrogens (tertiary/aromatic N) is 2. The van der Waals surface area contributed by atoms with Gasteiger partial charge in [0.2, 0.25) is 11.8 Å². The van der Waals surface area contributed by atoms with Crippen LogP contribution in [0.5, 0.6) is 5.75 Å². The van der Waals surface area contributed by atoms with E-state index in [1.807, 2.05) is 31.2 Å². The van der Waals surface area contributed by atoms with E-state index < -0.39 is 0 Å². The van der Waals surface area contributed by atoms with Crippen molar-refractivity contribution < 1.29 is 14.3 Å². The number of nitrogens with one attached hydrogen (secondary N) is 3. The summed E-state index contributed by atoms with van der Waals surface area (Å²) in [5, 5.41) is 12.5. The van der Waals surface area contributed by atoms with Gasteiger partial charge in [0.05, 0.1) is 12.8 Å². The Hall–Kier alpha value is -3.46. The van der Waals surface area contributed by atoms with E-state index in [-0.39, 0.29) is 18.4 Å². The van der Waals surface area contributed by atoms with Crippen molar-refractivity contribution in [2.45, 2.75) is 20.4 Å². The summed E-state index contributed by atoms with van der Waals surface area (Å²) in [4.78, 5) is 24.0. The van der Waals surface area contributed by atoms with Crippen molar-refractivity contribution in [3.8, 4) is 17.1 Å². The molecule has 29 heavy (non-hydrogen) atoms. The molecule has 9 heteroatoms. The SMILES string of the molecule is COc1ccc(NC(=O)Cn2c(-c3cccc(C)c3)n[nH]c2=S)cc1NC(C)=O.